The highest BCUT2D eigenvalue weighted by Crippen LogP contribution is 2.39. The van der Waals surface area contributed by atoms with Gasteiger partial charge in [-0.25, -0.2) is 0 Å². The number of hydrogen-bond donors (Lipinski definition) is 1. The zero-order valence-corrected chi connectivity index (χ0v) is 20.9. The summed E-state index contributed by atoms with van der Waals surface area (Å²) in [7, 11) is 3.05. The molecule has 1 heterocycles. The number of rotatable bonds is 10. The number of ether oxygens (including phenoxy) is 2. The van der Waals surface area contributed by atoms with Crippen LogP contribution in [0.15, 0.2) is 90.2 Å². The Morgan fingerprint density at radius 3 is 2.45 bits per heavy atom. The largest absolute Gasteiger partial charge is 0.503 e. The fraction of sp³-hybridized carbons (Fsp3) is 0.172. The Morgan fingerprint density at radius 2 is 1.76 bits per heavy atom. The number of nitrogens with zero attached hydrogens (tertiary/aromatic N) is 2. The molecule has 38 heavy (non-hydrogen) atoms. The van der Waals surface area contributed by atoms with Gasteiger partial charge >= 0.3 is 0 Å². The Morgan fingerprint density at radius 1 is 1.03 bits per heavy atom. The van der Waals surface area contributed by atoms with Crippen LogP contribution >= 0.6 is 0 Å². The maximum Gasteiger partial charge on any atom is 0.290 e. The molecule has 1 N–H and O–H groups in total. The molecule has 9 nitrogen and oxygen atoms in total. The van der Waals surface area contributed by atoms with E-state index in [1.165, 1.54) is 43.4 Å². The summed E-state index contributed by atoms with van der Waals surface area (Å²) in [5.74, 6) is -0.879. The molecule has 0 unspecified atom stereocenters. The van der Waals surface area contributed by atoms with Crippen LogP contribution in [0.5, 0.6) is 11.5 Å². The molecule has 9 heteroatoms. The molecular formula is C29H26N2O7. The van der Waals surface area contributed by atoms with E-state index < -0.39 is 28.4 Å². The average Bonchev–Trinajstić information content (AvgIpc) is 3.20. The summed E-state index contributed by atoms with van der Waals surface area (Å²) in [6.45, 7) is 0.130. The molecule has 3 aromatic carbocycles. The number of carbonyl (C=O) groups excluding carboxylic acids is 2. The monoisotopic (exact) mass is 514 g/mol. The number of nitro groups is 1. The maximum absolute atomic E-state index is 13.3. The molecule has 4 rings (SSSR count). The van der Waals surface area contributed by atoms with Crippen molar-refractivity contribution in [3.8, 4) is 11.5 Å². The van der Waals surface area contributed by atoms with Gasteiger partial charge in [0.2, 0.25) is 0 Å². The van der Waals surface area contributed by atoms with E-state index in [4.69, 9.17) is 9.47 Å². The second-order valence-corrected chi connectivity index (χ2v) is 8.56. The van der Waals surface area contributed by atoms with Crippen LogP contribution in [-0.2, 0) is 16.0 Å². The van der Waals surface area contributed by atoms with Crippen LogP contribution in [0.4, 0.5) is 5.69 Å². The molecule has 0 saturated heterocycles. The van der Waals surface area contributed by atoms with Crippen molar-refractivity contribution in [2.75, 3.05) is 20.8 Å². The molecule has 0 aliphatic carbocycles. The van der Waals surface area contributed by atoms with Crippen LogP contribution in [0.2, 0.25) is 0 Å². The van der Waals surface area contributed by atoms with E-state index in [1.807, 2.05) is 36.4 Å². The lowest BCUT2D eigenvalue weighted by atomic mass is 9.95. The first-order valence-corrected chi connectivity index (χ1v) is 11.8. The van der Waals surface area contributed by atoms with E-state index in [0.717, 1.165) is 11.1 Å². The molecule has 1 amide bonds. The maximum atomic E-state index is 13.3. The summed E-state index contributed by atoms with van der Waals surface area (Å²) < 4.78 is 10.6. The number of aliphatic hydroxyl groups excluding tert-OH is 1. The predicted octanol–water partition coefficient (Wildman–Crippen LogP) is 4.83. The van der Waals surface area contributed by atoms with E-state index in [1.54, 1.807) is 24.3 Å². The number of methoxy groups -OCH3 is 2. The smallest absolute Gasteiger partial charge is 0.290 e. The van der Waals surface area contributed by atoms with Crippen molar-refractivity contribution >= 4 is 23.5 Å². The molecule has 0 bridgehead atoms. The Bertz CT molecular complexity index is 1430. The number of amides is 1. The number of benzene rings is 3. The summed E-state index contributed by atoms with van der Waals surface area (Å²) in [6, 6.07) is 19.2. The number of allylic oxidation sites excluding steroid dienone is 1. The Balaban J connectivity index is 1.69. The van der Waals surface area contributed by atoms with Gasteiger partial charge in [-0.2, -0.15) is 0 Å². The van der Waals surface area contributed by atoms with Gasteiger partial charge in [-0.05, 0) is 41.3 Å². The minimum atomic E-state index is -1.00. The fourth-order valence-corrected chi connectivity index (χ4v) is 4.40. The zero-order chi connectivity index (χ0) is 27.2. The lowest BCUT2D eigenvalue weighted by Crippen LogP contribution is -2.33. The van der Waals surface area contributed by atoms with Gasteiger partial charge in [0.05, 0.1) is 30.8 Å². The van der Waals surface area contributed by atoms with Gasteiger partial charge in [-0.3, -0.25) is 19.7 Å². The van der Waals surface area contributed by atoms with Crippen LogP contribution in [0, 0.1) is 10.1 Å². The van der Waals surface area contributed by atoms with Crippen molar-refractivity contribution in [2.24, 2.45) is 0 Å². The average molecular weight is 515 g/mol. The molecule has 1 aliphatic rings. The van der Waals surface area contributed by atoms with Crippen LogP contribution in [0.3, 0.4) is 0 Å². The van der Waals surface area contributed by atoms with E-state index >= 15 is 0 Å². The molecule has 3 aromatic rings. The summed E-state index contributed by atoms with van der Waals surface area (Å²) in [4.78, 5) is 38.8. The predicted molar refractivity (Wildman–Crippen MR) is 141 cm³/mol. The summed E-state index contributed by atoms with van der Waals surface area (Å²) in [6.07, 6.45) is 3.24. The van der Waals surface area contributed by atoms with Crippen molar-refractivity contribution in [3.05, 3.63) is 117 Å². The summed E-state index contributed by atoms with van der Waals surface area (Å²) in [5.41, 5.74) is 1.63. The molecule has 0 fully saturated rings. The van der Waals surface area contributed by atoms with E-state index in [-0.39, 0.29) is 17.8 Å². The Hall–Kier alpha value is -4.92. The van der Waals surface area contributed by atoms with Crippen molar-refractivity contribution in [1.29, 1.82) is 0 Å². The molecule has 0 aromatic heterocycles. The van der Waals surface area contributed by atoms with Crippen molar-refractivity contribution < 1.29 is 29.1 Å². The van der Waals surface area contributed by atoms with E-state index in [2.05, 4.69) is 0 Å². The van der Waals surface area contributed by atoms with Gasteiger partial charge in [0.25, 0.3) is 11.6 Å². The quantitative estimate of drug-likeness (QED) is 0.234. The molecule has 1 aliphatic heterocycles. The SMILES string of the molecule is COc1ccc(CCN2C(=O)C(O)=C(C(=O)/C=C/c3ccccc3)[C@H]2c2cccc([N+](=O)[O-])c2)cc1OC. The number of non-ortho nitro benzene ring substituents is 1. The Kier molecular flexibility index (Phi) is 7.86. The van der Waals surface area contributed by atoms with Gasteiger partial charge in [-0.15, -0.1) is 0 Å². The second kappa shape index (κ2) is 11.4. The first-order valence-electron chi connectivity index (χ1n) is 11.8. The third-order valence-corrected chi connectivity index (χ3v) is 6.28. The normalized spacial score (nSPS) is 15.3. The molecule has 194 valence electrons. The van der Waals surface area contributed by atoms with Gasteiger partial charge in [0, 0.05) is 18.7 Å². The number of aliphatic hydroxyl groups is 1. The summed E-state index contributed by atoms with van der Waals surface area (Å²) >= 11 is 0. The summed E-state index contributed by atoms with van der Waals surface area (Å²) in [5, 5.41) is 22.3. The van der Waals surface area contributed by atoms with Crippen molar-refractivity contribution in [2.45, 2.75) is 12.5 Å². The lowest BCUT2D eigenvalue weighted by Gasteiger charge is -2.26. The highest BCUT2D eigenvalue weighted by molar-refractivity contribution is 6.14. The minimum Gasteiger partial charge on any atom is -0.503 e. The zero-order valence-electron chi connectivity index (χ0n) is 20.9. The fourth-order valence-electron chi connectivity index (χ4n) is 4.40. The molecular weight excluding hydrogens is 488 g/mol. The van der Waals surface area contributed by atoms with Crippen LogP contribution in [0.25, 0.3) is 6.08 Å². The third-order valence-electron chi connectivity index (χ3n) is 6.28. The molecule has 0 spiro atoms. The van der Waals surface area contributed by atoms with Gasteiger partial charge in [0.15, 0.2) is 23.0 Å². The van der Waals surface area contributed by atoms with E-state index in [9.17, 15) is 24.8 Å². The molecule has 0 radical (unpaired) electrons. The van der Waals surface area contributed by atoms with Crippen LogP contribution < -0.4 is 9.47 Å². The number of nitro benzene ring substituents is 1. The first kappa shape index (κ1) is 26.2. The number of carbonyl (C=O) groups is 2. The van der Waals surface area contributed by atoms with E-state index in [0.29, 0.717) is 23.5 Å². The van der Waals surface area contributed by atoms with Gasteiger partial charge < -0.3 is 19.5 Å². The molecule has 0 saturated carbocycles. The van der Waals surface area contributed by atoms with Gasteiger partial charge in [-0.1, -0.05) is 54.6 Å². The topological polar surface area (TPSA) is 119 Å². The molecule has 1 atom stereocenters. The standard InChI is InChI=1S/C29H26N2O7/c1-37-24-14-12-20(17-25(24)38-2)15-16-30-27(21-9-6-10-22(18-21)31(35)36)26(28(33)29(30)34)23(32)13-11-19-7-4-3-5-8-19/h3-14,17-18,27,33H,15-16H2,1-2H3/b13-11+/t27-/m1/s1. The van der Waals surface area contributed by atoms with Gasteiger partial charge in [0.1, 0.15) is 0 Å². The minimum absolute atomic E-state index is 0.130. The van der Waals surface area contributed by atoms with Crippen molar-refractivity contribution in [1.82, 2.24) is 4.90 Å². The highest BCUT2D eigenvalue weighted by atomic mass is 16.6. The number of hydrogen-bond acceptors (Lipinski definition) is 7. The lowest BCUT2D eigenvalue weighted by molar-refractivity contribution is -0.384. The third kappa shape index (κ3) is 5.41. The highest BCUT2D eigenvalue weighted by Gasteiger charge is 2.43. The second-order valence-electron chi connectivity index (χ2n) is 8.56. The first-order chi connectivity index (χ1) is 18.3. The van der Waals surface area contributed by atoms with Crippen LogP contribution in [0.1, 0.15) is 22.7 Å². The number of ketones is 1. The Labute approximate surface area is 219 Å². The van der Waals surface area contributed by atoms with Crippen LogP contribution in [-0.4, -0.2) is 47.4 Å². The van der Waals surface area contributed by atoms with Crippen molar-refractivity contribution in [3.63, 3.8) is 0 Å².